The number of rotatable bonds is 14. The van der Waals surface area contributed by atoms with E-state index in [0.717, 1.165) is 50.8 Å². The molecular weight excluding hydrogens is 502 g/mol. The van der Waals surface area contributed by atoms with Crippen LogP contribution in [0.15, 0.2) is 42.6 Å². The van der Waals surface area contributed by atoms with Gasteiger partial charge in [0.1, 0.15) is 11.9 Å². The fraction of sp³-hybridized carbons (Fsp3) is 0.703. The van der Waals surface area contributed by atoms with Gasteiger partial charge in [0.25, 0.3) is 0 Å². The van der Waals surface area contributed by atoms with Gasteiger partial charge in [-0.25, -0.2) is 0 Å². The minimum Gasteiger partial charge on any atom is -0.490 e. The number of pyridine rings is 1. The van der Waals surface area contributed by atoms with Crippen molar-refractivity contribution in [3.8, 4) is 5.75 Å². The second kappa shape index (κ2) is 13.6. The van der Waals surface area contributed by atoms with Crippen LogP contribution in [0.1, 0.15) is 125 Å². The molecule has 3 rings (SSSR count). The van der Waals surface area contributed by atoms with Crippen molar-refractivity contribution in [1.29, 1.82) is 0 Å². The summed E-state index contributed by atoms with van der Waals surface area (Å²) in [4.78, 5) is 4.71. The molecule has 2 N–H and O–H groups in total. The maximum atomic E-state index is 6.36. The van der Waals surface area contributed by atoms with E-state index in [1.807, 2.05) is 6.20 Å². The van der Waals surface area contributed by atoms with Gasteiger partial charge in [0.05, 0.1) is 0 Å². The Bertz CT molecular complexity index is 1090. The third kappa shape index (κ3) is 12.1. The van der Waals surface area contributed by atoms with E-state index in [2.05, 4.69) is 123 Å². The largest absolute Gasteiger partial charge is 0.490 e. The molecule has 230 valence electrons. The van der Waals surface area contributed by atoms with Gasteiger partial charge < -0.3 is 15.4 Å². The molecule has 1 fully saturated rings. The van der Waals surface area contributed by atoms with E-state index < -0.39 is 0 Å². The van der Waals surface area contributed by atoms with E-state index in [9.17, 15) is 0 Å². The van der Waals surface area contributed by atoms with Crippen molar-refractivity contribution in [2.24, 2.45) is 11.3 Å². The van der Waals surface area contributed by atoms with Crippen molar-refractivity contribution in [2.75, 3.05) is 6.54 Å². The van der Waals surface area contributed by atoms with Crippen LogP contribution in [0, 0.1) is 11.3 Å². The lowest BCUT2D eigenvalue weighted by molar-refractivity contribution is 0.0690. The first kappa shape index (κ1) is 33.6. The van der Waals surface area contributed by atoms with Gasteiger partial charge in [-0.15, -0.1) is 0 Å². The first-order valence-corrected chi connectivity index (χ1v) is 16.1. The van der Waals surface area contributed by atoms with Crippen molar-refractivity contribution in [2.45, 2.75) is 150 Å². The van der Waals surface area contributed by atoms with Crippen LogP contribution >= 0.6 is 0 Å². The van der Waals surface area contributed by atoms with Crippen LogP contribution in [-0.2, 0) is 18.3 Å². The summed E-state index contributed by atoms with van der Waals surface area (Å²) in [5.41, 5.74) is 4.68. The van der Waals surface area contributed by atoms with Crippen molar-refractivity contribution >= 4 is 0 Å². The molecule has 0 amide bonds. The van der Waals surface area contributed by atoms with E-state index in [1.165, 1.54) is 23.2 Å². The summed E-state index contributed by atoms with van der Waals surface area (Å²) in [6, 6.07) is 13.8. The molecular formula is C37H61N3O. The Labute approximate surface area is 252 Å². The van der Waals surface area contributed by atoms with Crippen LogP contribution in [0.3, 0.4) is 0 Å². The Hall–Kier alpha value is -1.91. The third-order valence-electron chi connectivity index (χ3n) is 8.57. The molecule has 1 aliphatic carbocycles. The number of aromatic nitrogens is 1. The zero-order valence-corrected chi connectivity index (χ0v) is 28.3. The average Bonchev–Trinajstić information content (AvgIpc) is 2.83. The van der Waals surface area contributed by atoms with E-state index in [0.29, 0.717) is 23.5 Å². The van der Waals surface area contributed by atoms with Crippen LogP contribution in [0.4, 0.5) is 0 Å². The highest BCUT2D eigenvalue weighted by Gasteiger charge is 2.35. The normalized spacial score (nSPS) is 19.1. The van der Waals surface area contributed by atoms with Crippen molar-refractivity contribution in [3.05, 3.63) is 59.4 Å². The van der Waals surface area contributed by atoms with Crippen LogP contribution in [0.5, 0.6) is 5.75 Å². The Morgan fingerprint density at radius 1 is 0.902 bits per heavy atom. The van der Waals surface area contributed by atoms with E-state index in [4.69, 9.17) is 9.72 Å². The zero-order chi connectivity index (χ0) is 30.5. The smallest absolute Gasteiger partial charge is 0.119 e. The van der Waals surface area contributed by atoms with Crippen LogP contribution in [-0.4, -0.2) is 34.8 Å². The molecule has 1 atom stereocenters. The van der Waals surface area contributed by atoms with Gasteiger partial charge in [0, 0.05) is 29.0 Å². The van der Waals surface area contributed by atoms with Crippen molar-refractivity contribution in [1.82, 2.24) is 15.6 Å². The van der Waals surface area contributed by atoms with E-state index in [-0.39, 0.29) is 16.5 Å². The quantitative estimate of drug-likeness (QED) is 0.241. The number of hydrogen-bond acceptors (Lipinski definition) is 4. The summed E-state index contributed by atoms with van der Waals surface area (Å²) in [5, 5.41) is 7.58. The molecule has 0 saturated heterocycles. The molecule has 4 heteroatoms. The van der Waals surface area contributed by atoms with Gasteiger partial charge in [-0.2, -0.15) is 0 Å². The second-order valence-electron chi connectivity index (χ2n) is 16.5. The Balaban J connectivity index is 1.45. The maximum Gasteiger partial charge on any atom is 0.119 e. The highest BCUT2D eigenvalue weighted by molar-refractivity contribution is 5.29. The Morgan fingerprint density at radius 3 is 2.27 bits per heavy atom. The van der Waals surface area contributed by atoms with Gasteiger partial charge in [0.15, 0.2) is 0 Å². The number of ether oxygens (including phenoxy) is 1. The van der Waals surface area contributed by atoms with Crippen molar-refractivity contribution < 1.29 is 4.74 Å². The molecule has 0 radical (unpaired) electrons. The topological polar surface area (TPSA) is 46.2 Å². The summed E-state index contributed by atoms with van der Waals surface area (Å²) in [6.07, 6.45) is 10.0. The molecule has 1 heterocycles. The number of benzene rings is 1. The lowest BCUT2D eigenvalue weighted by atomic mass is 9.77. The predicted octanol–water partition coefficient (Wildman–Crippen LogP) is 8.66. The van der Waals surface area contributed by atoms with Crippen LogP contribution in [0.2, 0.25) is 0 Å². The molecule has 2 aromatic rings. The molecule has 41 heavy (non-hydrogen) atoms. The highest BCUT2D eigenvalue weighted by Crippen LogP contribution is 2.34. The van der Waals surface area contributed by atoms with Crippen molar-refractivity contribution in [3.63, 3.8) is 0 Å². The standard InChI is InChI=1S/C37H61N3O/c1-27(26-39-35(5,6)7)21-30-23-29(16-20-38-30)36(8,9)18-19-37(10,11)40-31-24-33(25-31)41-32-14-12-13-28(22-32)15-17-34(2,3)4/h12-14,16,20,22-23,27,31,33,39-40H,15,17-19,21,24-26H2,1-11H3/t27-,31-,33+/m0/s1. The van der Waals surface area contributed by atoms with Crippen LogP contribution in [0.25, 0.3) is 0 Å². The Kier molecular flexibility index (Phi) is 11.1. The third-order valence-corrected chi connectivity index (χ3v) is 8.57. The maximum absolute atomic E-state index is 6.36. The van der Waals surface area contributed by atoms with Gasteiger partial charge in [-0.3, -0.25) is 4.98 Å². The van der Waals surface area contributed by atoms with E-state index in [1.54, 1.807) is 0 Å². The summed E-state index contributed by atoms with van der Waals surface area (Å²) in [5.74, 6) is 1.58. The zero-order valence-electron chi connectivity index (χ0n) is 28.3. The lowest BCUT2D eigenvalue weighted by Crippen LogP contribution is -2.54. The van der Waals surface area contributed by atoms with Gasteiger partial charge in [-0.05, 0) is 138 Å². The fourth-order valence-electron chi connectivity index (χ4n) is 5.58. The molecule has 1 aromatic carbocycles. The molecule has 0 aliphatic heterocycles. The first-order chi connectivity index (χ1) is 18.9. The fourth-order valence-corrected chi connectivity index (χ4v) is 5.58. The summed E-state index contributed by atoms with van der Waals surface area (Å²) in [7, 11) is 0. The molecule has 0 unspecified atom stereocenters. The summed E-state index contributed by atoms with van der Waals surface area (Å²) >= 11 is 0. The summed E-state index contributed by atoms with van der Waals surface area (Å²) < 4.78 is 6.36. The second-order valence-corrected chi connectivity index (χ2v) is 16.5. The molecule has 0 bridgehead atoms. The van der Waals surface area contributed by atoms with E-state index >= 15 is 0 Å². The van der Waals surface area contributed by atoms with Gasteiger partial charge in [0.2, 0.25) is 0 Å². The highest BCUT2D eigenvalue weighted by atomic mass is 16.5. The number of aryl methyl sites for hydroxylation is 1. The monoisotopic (exact) mass is 563 g/mol. The van der Waals surface area contributed by atoms with Crippen LogP contribution < -0.4 is 15.4 Å². The van der Waals surface area contributed by atoms with Gasteiger partial charge in [-0.1, -0.05) is 53.7 Å². The average molecular weight is 564 g/mol. The molecule has 4 nitrogen and oxygen atoms in total. The minimum atomic E-state index is 0.0861. The molecule has 1 saturated carbocycles. The first-order valence-electron chi connectivity index (χ1n) is 16.1. The molecule has 1 aliphatic rings. The lowest BCUT2D eigenvalue weighted by Gasteiger charge is -2.42. The summed E-state index contributed by atoms with van der Waals surface area (Å²) in [6.45, 7) is 26.4. The Morgan fingerprint density at radius 2 is 1.61 bits per heavy atom. The molecule has 0 spiro atoms. The minimum absolute atomic E-state index is 0.0861. The number of nitrogens with zero attached hydrogens (tertiary/aromatic N) is 1. The number of hydrogen-bond donors (Lipinski definition) is 2. The predicted molar refractivity (Wildman–Crippen MR) is 176 cm³/mol. The van der Waals surface area contributed by atoms with Gasteiger partial charge >= 0.3 is 0 Å². The number of nitrogens with one attached hydrogen (secondary N) is 2. The SMILES string of the molecule is C[C@H](CNC(C)(C)C)Cc1cc(C(C)(C)CCC(C)(C)N[C@H]2C[C@@H](Oc3cccc(CCC(C)(C)C)c3)C2)ccn1. The molecule has 1 aromatic heterocycles.